The summed E-state index contributed by atoms with van der Waals surface area (Å²) in [5.74, 6) is -0.715. The zero-order valence-electron chi connectivity index (χ0n) is 15.1. The first-order valence-electron chi connectivity index (χ1n) is 8.51. The Balaban J connectivity index is 1.94. The van der Waals surface area contributed by atoms with E-state index in [9.17, 15) is 9.59 Å². The van der Waals surface area contributed by atoms with Crippen molar-refractivity contribution in [1.29, 1.82) is 0 Å². The monoisotopic (exact) mass is 351 g/mol. The molecule has 0 unspecified atom stereocenters. The van der Waals surface area contributed by atoms with Crippen molar-refractivity contribution in [3.63, 3.8) is 0 Å². The Labute approximate surface area is 151 Å². The standard InChI is InChI=1S/C20H21N3O3/c1-4-6-15-17(20(25)26-3)12(2)22-18(15)19(24)23-14-8-9-16-13(11-14)7-5-10-21-16/h5,7-11,22H,4,6H2,1-3H3,(H,23,24). The van der Waals surface area contributed by atoms with Crippen molar-refractivity contribution < 1.29 is 14.3 Å². The molecular formula is C20H21N3O3. The van der Waals surface area contributed by atoms with Crippen molar-refractivity contribution in [1.82, 2.24) is 9.97 Å². The van der Waals surface area contributed by atoms with E-state index in [2.05, 4.69) is 15.3 Å². The number of fused-ring (bicyclic) bond motifs is 1. The predicted octanol–water partition coefficient (Wildman–Crippen LogP) is 3.86. The lowest BCUT2D eigenvalue weighted by atomic mass is 10.0. The van der Waals surface area contributed by atoms with Gasteiger partial charge in [0.15, 0.2) is 0 Å². The maximum atomic E-state index is 12.8. The van der Waals surface area contributed by atoms with Crippen LogP contribution in [0.1, 0.15) is 45.4 Å². The number of amides is 1. The fraction of sp³-hybridized carbons (Fsp3) is 0.250. The number of benzene rings is 1. The largest absolute Gasteiger partial charge is 0.465 e. The third-order valence-electron chi connectivity index (χ3n) is 4.27. The molecule has 0 aliphatic rings. The van der Waals surface area contributed by atoms with E-state index in [4.69, 9.17) is 4.74 Å². The molecule has 26 heavy (non-hydrogen) atoms. The Morgan fingerprint density at radius 1 is 1.27 bits per heavy atom. The first-order chi connectivity index (χ1) is 12.5. The molecular weight excluding hydrogens is 330 g/mol. The number of nitrogens with zero attached hydrogens (tertiary/aromatic N) is 1. The highest BCUT2D eigenvalue weighted by molar-refractivity contribution is 6.07. The summed E-state index contributed by atoms with van der Waals surface area (Å²) in [6.45, 7) is 3.77. The fourth-order valence-corrected chi connectivity index (χ4v) is 3.10. The van der Waals surface area contributed by atoms with Crippen molar-refractivity contribution in [3.8, 4) is 0 Å². The number of aromatic amines is 1. The zero-order chi connectivity index (χ0) is 18.7. The predicted molar refractivity (Wildman–Crippen MR) is 101 cm³/mol. The Morgan fingerprint density at radius 3 is 2.81 bits per heavy atom. The number of aromatic nitrogens is 2. The van der Waals surface area contributed by atoms with E-state index < -0.39 is 5.97 Å². The van der Waals surface area contributed by atoms with Crippen LogP contribution < -0.4 is 5.32 Å². The smallest absolute Gasteiger partial charge is 0.339 e. The van der Waals surface area contributed by atoms with E-state index in [1.165, 1.54) is 7.11 Å². The molecule has 0 bridgehead atoms. The number of hydrogen-bond donors (Lipinski definition) is 2. The van der Waals surface area contributed by atoms with E-state index >= 15 is 0 Å². The van der Waals surface area contributed by atoms with Gasteiger partial charge in [-0.25, -0.2) is 4.79 Å². The Morgan fingerprint density at radius 2 is 2.08 bits per heavy atom. The Bertz CT molecular complexity index is 976. The van der Waals surface area contributed by atoms with Crippen LogP contribution >= 0.6 is 0 Å². The minimum absolute atomic E-state index is 0.282. The number of anilines is 1. The lowest BCUT2D eigenvalue weighted by molar-refractivity contribution is 0.0599. The molecule has 0 saturated carbocycles. The Kier molecular flexibility index (Phi) is 5.02. The quantitative estimate of drug-likeness (QED) is 0.684. The summed E-state index contributed by atoms with van der Waals surface area (Å²) in [6, 6.07) is 9.33. The van der Waals surface area contributed by atoms with Gasteiger partial charge >= 0.3 is 5.97 Å². The second kappa shape index (κ2) is 7.39. The molecule has 0 saturated heterocycles. The van der Waals surface area contributed by atoms with Crippen molar-refractivity contribution in [2.45, 2.75) is 26.7 Å². The maximum absolute atomic E-state index is 12.8. The molecule has 1 aromatic carbocycles. The number of aryl methyl sites for hydroxylation is 1. The summed E-state index contributed by atoms with van der Waals surface area (Å²) in [7, 11) is 1.34. The maximum Gasteiger partial charge on any atom is 0.339 e. The number of carbonyl (C=O) groups excluding carboxylic acids is 2. The van der Waals surface area contributed by atoms with E-state index in [-0.39, 0.29) is 5.91 Å². The van der Waals surface area contributed by atoms with Gasteiger partial charge in [0.1, 0.15) is 5.69 Å². The topological polar surface area (TPSA) is 84.1 Å². The number of rotatable bonds is 5. The minimum atomic E-state index is -0.432. The molecule has 3 rings (SSSR count). The van der Waals surface area contributed by atoms with Gasteiger partial charge in [0.05, 0.1) is 18.2 Å². The molecule has 6 heteroatoms. The normalized spacial score (nSPS) is 10.7. The number of esters is 1. The van der Waals surface area contributed by atoms with Crippen molar-refractivity contribution in [2.75, 3.05) is 12.4 Å². The van der Waals surface area contributed by atoms with Crippen LogP contribution in [0.5, 0.6) is 0 Å². The zero-order valence-corrected chi connectivity index (χ0v) is 15.1. The molecule has 0 spiro atoms. The van der Waals surface area contributed by atoms with Crippen LogP contribution in [0.15, 0.2) is 36.5 Å². The second-order valence-electron chi connectivity index (χ2n) is 6.09. The third-order valence-corrected chi connectivity index (χ3v) is 4.27. The number of ether oxygens (including phenoxy) is 1. The first kappa shape index (κ1) is 17.7. The van der Waals surface area contributed by atoms with Gasteiger partial charge in [-0.15, -0.1) is 0 Å². The van der Waals surface area contributed by atoms with Crippen LogP contribution in [0, 0.1) is 6.92 Å². The summed E-state index contributed by atoms with van der Waals surface area (Å²) in [5, 5.41) is 3.84. The summed E-state index contributed by atoms with van der Waals surface area (Å²) in [6.07, 6.45) is 3.15. The van der Waals surface area contributed by atoms with Crippen LogP contribution in [0.3, 0.4) is 0 Å². The molecule has 3 aromatic rings. The molecule has 0 atom stereocenters. The van der Waals surface area contributed by atoms with Crippen molar-refractivity contribution >= 4 is 28.5 Å². The van der Waals surface area contributed by atoms with E-state index in [0.717, 1.165) is 17.3 Å². The number of methoxy groups -OCH3 is 1. The van der Waals surface area contributed by atoms with Crippen molar-refractivity contribution in [3.05, 3.63) is 59.0 Å². The molecule has 6 nitrogen and oxygen atoms in total. The van der Waals surface area contributed by atoms with Gasteiger partial charge in [-0.3, -0.25) is 9.78 Å². The molecule has 2 N–H and O–H groups in total. The molecule has 0 fully saturated rings. The van der Waals surface area contributed by atoms with Gasteiger partial charge in [0, 0.05) is 23.0 Å². The molecule has 0 radical (unpaired) electrons. The minimum Gasteiger partial charge on any atom is -0.465 e. The van der Waals surface area contributed by atoms with Crippen LogP contribution in [-0.4, -0.2) is 29.0 Å². The van der Waals surface area contributed by atoms with Gasteiger partial charge < -0.3 is 15.0 Å². The van der Waals surface area contributed by atoms with E-state index in [0.29, 0.717) is 34.6 Å². The van der Waals surface area contributed by atoms with Crippen LogP contribution in [0.25, 0.3) is 10.9 Å². The van der Waals surface area contributed by atoms with Gasteiger partial charge in [0.2, 0.25) is 0 Å². The average Bonchev–Trinajstić information content (AvgIpc) is 2.97. The number of carbonyl (C=O) groups is 2. The summed E-state index contributed by atoms with van der Waals surface area (Å²) in [5.41, 5.74) is 3.70. The average molecular weight is 351 g/mol. The van der Waals surface area contributed by atoms with Crippen LogP contribution in [0.2, 0.25) is 0 Å². The van der Waals surface area contributed by atoms with Gasteiger partial charge in [-0.2, -0.15) is 0 Å². The number of nitrogens with one attached hydrogen (secondary N) is 2. The first-order valence-corrected chi connectivity index (χ1v) is 8.51. The lowest BCUT2D eigenvalue weighted by Gasteiger charge is -2.08. The molecule has 0 aliphatic carbocycles. The molecule has 134 valence electrons. The van der Waals surface area contributed by atoms with E-state index in [1.54, 1.807) is 13.1 Å². The summed E-state index contributed by atoms with van der Waals surface area (Å²) < 4.78 is 4.87. The fourth-order valence-electron chi connectivity index (χ4n) is 3.10. The highest BCUT2D eigenvalue weighted by Gasteiger charge is 2.24. The summed E-state index contributed by atoms with van der Waals surface area (Å²) in [4.78, 5) is 32.2. The van der Waals surface area contributed by atoms with Gasteiger partial charge in [-0.1, -0.05) is 19.4 Å². The highest BCUT2D eigenvalue weighted by Crippen LogP contribution is 2.24. The lowest BCUT2D eigenvalue weighted by Crippen LogP contribution is -2.15. The number of hydrogen-bond acceptors (Lipinski definition) is 4. The number of pyridine rings is 1. The third kappa shape index (κ3) is 3.31. The highest BCUT2D eigenvalue weighted by atomic mass is 16.5. The second-order valence-corrected chi connectivity index (χ2v) is 6.09. The van der Waals surface area contributed by atoms with Crippen LogP contribution in [-0.2, 0) is 11.2 Å². The molecule has 2 aromatic heterocycles. The molecule has 1 amide bonds. The van der Waals surface area contributed by atoms with Crippen molar-refractivity contribution in [2.24, 2.45) is 0 Å². The van der Waals surface area contributed by atoms with E-state index in [1.807, 2.05) is 37.3 Å². The van der Waals surface area contributed by atoms with Gasteiger partial charge in [0.25, 0.3) is 5.91 Å². The van der Waals surface area contributed by atoms with Crippen LogP contribution in [0.4, 0.5) is 5.69 Å². The SMILES string of the molecule is CCCc1c(C(=O)Nc2ccc3ncccc3c2)[nH]c(C)c1C(=O)OC. The molecule has 0 aliphatic heterocycles. The number of H-pyrrole nitrogens is 1. The Hall–Kier alpha value is -3.15. The molecule has 2 heterocycles. The van der Waals surface area contributed by atoms with Gasteiger partial charge in [-0.05, 0) is 43.2 Å². The summed E-state index contributed by atoms with van der Waals surface area (Å²) >= 11 is 0.